The number of hydrogen-bond donors (Lipinski definition) is 1. The monoisotopic (exact) mass is 248 g/mol. The van der Waals surface area contributed by atoms with Crippen molar-refractivity contribution in [3.05, 3.63) is 24.3 Å². The topological polar surface area (TPSA) is 58.6 Å². The number of methoxy groups -OCH3 is 1. The van der Waals surface area contributed by atoms with E-state index in [4.69, 9.17) is 4.74 Å². The van der Waals surface area contributed by atoms with Crippen LogP contribution in [0.2, 0.25) is 0 Å². The molecule has 1 saturated heterocycles. The zero-order valence-electron chi connectivity index (χ0n) is 10.5. The minimum absolute atomic E-state index is 0.00942. The van der Waals surface area contributed by atoms with Crippen molar-refractivity contribution in [2.45, 2.75) is 18.9 Å². The van der Waals surface area contributed by atoms with E-state index in [9.17, 15) is 9.59 Å². The zero-order chi connectivity index (χ0) is 13.1. The van der Waals surface area contributed by atoms with Crippen LogP contribution in [0, 0.1) is 0 Å². The second kappa shape index (κ2) is 5.08. The Balaban J connectivity index is 2.10. The lowest BCUT2D eigenvalue weighted by Gasteiger charge is -2.19. The smallest absolute Gasteiger partial charge is 0.247 e. The lowest BCUT2D eigenvalue weighted by Crippen LogP contribution is -2.38. The molecule has 2 amide bonds. The largest absolute Gasteiger partial charge is 0.495 e. The third-order valence-corrected chi connectivity index (χ3v) is 3.16. The van der Waals surface area contributed by atoms with Crippen molar-refractivity contribution in [1.82, 2.24) is 4.90 Å². The molecule has 1 aromatic carbocycles. The summed E-state index contributed by atoms with van der Waals surface area (Å²) in [6, 6.07) is 6.82. The molecule has 1 N–H and O–H groups in total. The molecule has 1 unspecified atom stereocenters. The number of likely N-dealkylation sites (tertiary alicyclic amines) is 1. The average Bonchev–Trinajstić information content (AvgIpc) is 2.71. The Bertz CT molecular complexity index is 473. The van der Waals surface area contributed by atoms with Gasteiger partial charge in [0.2, 0.25) is 11.8 Å². The number of carbonyl (C=O) groups is 2. The van der Waals surface area contributed by atoms with Crippen LogP contribution in [0.15, 0.2) is 24.3 Å². The maximum atomic E-state index is 12.1. The van der Waals surface area contributed by atoms with Crippen molar-refractivity contribution >= 4 is 17.5 Å². The molecule has 0 saturated carbocycles. The quantitative estimate of drug-likeness (QED) is 0.876. The number of amides is 2. The van der Waals surface area contributed by atoms with Crippen molar-refractivity contribution < 1.29 is 14.3 Å². The molecule has 1 aliphatic heterocycles. The van der Waals surface area contributed by atoms with Crippen LogP contribution >= 0.6 is 0 Å². The molecule has 1 aromatic rings. The SMILES string of the molecule is COc1ccccc1NC(=O)C1CCC(=O)N1C. The van der Waals surface area contributed by atoms with Crippen molar-refractivity contribution in [1.29, 1.82) is 0 Å². The molecule has 0 bridgehead atoms. The number of likely N-dealkylation sites (N-methyl/N-ethyl adjacent to an activating group) is 1. The first-order valence-corrected chi connectivity index (χ1v) is 5.83. The number of nitrogens with zero attached hydrogens (tertiary/aromatic N) is 1. The standard InChI is InChI=1S/C13H16N2O3/c1-15-10(7-8-12(15)16)13(17)14-9-5-3-4-6-11(9)18-2/h3-6,10H,7-8H2,1-2H3,(H,14,17). The molecule has 5 heteroatoms. The van der Waals surface area contributed by atoms with Gasteiger partial charge in [0.1, 0.15) is 11.8 Å². The van der Waals surface area contributed by atoms with Gasteiger partial charge in [-0.25, -0.2) is 0 Å². The number of hydrogen-bond acceptors (Lipinski definition) is 3. The highest BCUT2D eigenvalue weighted by Crippen LogP contribution is 2.25. The summed E-state index contributed by atoms with van der Waals surface area (Å²) in [5.41, 5.74) is 0.623. The van der Waals surface area contributed by atoms with Gasteiger partial charge in [-0.15, -0.1) is 0 Å². The van der Waals surface area contributed by atoms with Crippen LogP contribution in [-0.2, 0) is 9.59 Å². The van der Waals surface area contributed by atoms with Gasteiger partial charge in [-0.3, -0.25) is 9.59 Å². The highest BCUT2D eigenvalue weighted by molar-refractivity contribution is 5.99. The predicted molar refractivity (Wildman–Crippen MR) is 67.4 cm³/mol. The van der Waals surface area contributed by atoms with E-state index in [0.29, 0.717) is 24.3 Å². The number of nitrogens with one attached hydrogen (secondary N) is 1. The van der Waals surface area contributed by atoms with Crippen LogP contribution in [0.25, 0.3) is 0 Å². The molecule has 0 spiro atoms. The van der Waals surface area contributed by atoms with E-state index in [1.807, 2.05) is 12.1 Å². The molecule has 1 atom stereocenters. The predicted octanol–water partition coefficient (Wildman–Crippen LogP) is 1.25. The lowest BCUT2D eigenvalue weighted by molar-refractivity contribution is -0.131. The van der Waals surface area contributed by atoms with Crippen LogP contribution in [-0.4, -0.2) is 36.9 Å². The van der Waals surface area contributed by atoms with Crippen molar-refractivity contribution in [2.24, 2.45) is 0 Å². The average molecular weight is 248 g/mol. The second-order valence-electron chi connectivity index (χ2n) is 4.25. The van der Waals surface area contributed by atoms with E-state index in [1.54, 1.807) is 26.3 Å². The van der Waals surface area contributed by atoms with Crippen molar-refractivity contribution in [3.8, 4) is 5.75 Å². The molecule has 1 aliphatic rings. The Morgan fingerprint density at radius 3 is 2.78 bits per heavy atom. The number of carbonyl (C=O) groups excluding carboxylic acids is 2. The minimum atomic E-state index is -0.387. The molecule has 0 aliphatic carbocycles. The fourth-order valence-corrected chi connectivity index (χ4v) is 2.07. The third-order valence-electron chi connectivity index (χ3n) is 3.16. The van der Waals surface area contributed by atoms with Crippen LogP contribution in [0.1, 0.15) is 12.8 Å². The molecule has 1 fully saturated rings. The van der Waals surface area contributed by atoms with E-state index >= 15 is 0 Å². The van der Waals surface area contributed by atoms with Crippen molar-refractivity contribution in [3.63, 3.8) is 0 Å². The van der Waals surface area contributed by atoms with E-state index in [-0.39, 0.29) is 17.9 Å². The molecule has 1 heterocycles. The molecule has 5 nitrogen and oxygen atoms in total. The number of ether oxygens (including phenoxy) is 1. The van der Waals surface area contributed by atoms with Gasteiger partial charge in [0, 0.05) is 13.5 Å². The molecule has 0 radical (unpaired) electrons. The van der Waals surface area contributed by atoms with Gasteiger partial charge >= 0.3 is 0 Å². The van der Waals surface area contributed by atoms with Gasteiger partial charge in [-0.2, -0.15) is 0 Å². The Morgan fingerprint density at radius 1 is 1.44 bits per heavy atom. The summed E-state index contributed by atoms with van der Waals surface area (Å²) in [6.07, 6.45) is 0.997. The first-order valence-electron chi connectivity index (χ1n) is 5.83. The summed E-state index contributed by atoms with van der Waals surface area (Å²) in [7, 11) is 3.21. The molecule has 96 valence electrons. The van der Waals surface area contributed by atoms with E-state index in [0.717, 1.165) is 0 Å². The number of rotatable bonds is 3. The first kappa shape index (κ1) is 12.4. The summed E-state index contributed by atoms with van der Waals surface area (Å²) in [5.74, 6) is 0.445. The summed E-state index contributed by atoms with van der Waals surface area (Å²) < 4.78 is 5.16. The summed E-state index contributed by atoms with van der Waals surface area (Å²) >= 11 is 0. The molecular formula is C13H16N2O3. The number of anilines is 1. The Morgan fingerprint density at radius 2 is 2.17 bits per heavy atom. The fraction of sp³-hybridized carbons (Fsp3) is 0.385. The van der Waals surface area contributed by atoms with Gasteiger partial charge in [0.05, 0.1) is 12.8 Å². The van der Waals surface area contributed by atoms with Gasteiger partial charge < -0.3 is 15.0 Å². The fourth-order valence-electron chi connectivity index (χ4n) is 2.07. The van der Waals surface area contributed by atoms with Crippen LogP contribution in [0.5, 0.6) is 5.75 Å². The van der Waals surface area contributed by atoms with Crippen LogP contribution < -0.4 is 10.1 Å². The Hall–Kier alpha value is -2.04. The van der Waals surface area contributed by atoms with Gasteiger partial charge in [0.15, 0.2) is 0 Å². The van der Waals surface area contributed by atoms with Gasteiger partial charge in [-0.1, -0.05) is 12.1 Å². The van der Waals surface area contributed by atoms with Crippen LogP contribution in [0.3, 0.4) is 0 Å². The van der Waals surface area contributed by atoms with Crippen LogP contribution in [0.4, 0.5) is 5.69 Å². The highest BCUT2D eigenvalue weighted by atomic mass is 16.5. The third kappa shape index (κ3) is 2.30. The Labute approximate surface area is 106 Å². The number of para-hydroxylation sites is 2. The maximum absolute atomic E-state index is 12.1. The van der Waals surface area contributed by atoms with Gasteiger partial charge in [-0.05, 0) is 18.6 Å². The summed E-state index contributed by atoms with van der Waals surface area (Å²) in [5, 5.41) is 2.80. The minimum Gasteiger partial charge on any atom is -0.495 e. The van der Waals surface area contributed by atoms with Gasteiger partial charge in [0.25, 0.3) is 0 Å². The van der Waals surface area contributed by atoms with E-state index in [1.165, 1.54) is 4.90 Å². The molecule has 0 aromatic heterocycles. The normalized spacial score (nSPS) is 18.9. The highest BCUT2D eigenvalue weighted by Gasteiger charge is 2.33. The molecular weight excluding hydrogens is 232 g/mol. The first-order chi connectivity index (χ1) is 8.63. The lowest BCUT2D eigenvalue weighted by atomic mass is 10.2. The summed E-state index contributed by atoms with van der Waals surface area (Å²) in [4.78, 5) is 25.0. The van der Waals surface area contributed by atoms with E-state index in [2.05, 4.69) is 5.32 Å². The van der Waals surface area contributed by atoms with Crippen molar-refractivity contribution in [2.75, 3.05) is 19.5 Å². The molecule has 18 heavy (non-hydrogen) atoms. The van der Waals surface area contributed by atoms with E-state index < -0.39 is 0 Å². The molecule has 2 rings (SSSR count). The maximum Gasteiger partial charge on any atom is 0.247 e. The second-order valence-corrected chi connectivity index (χ2v) is 4.25. The summed E-state index contributed by atoms with van der Waals surface area (Å²) in [6.45, 7) is 0. The number of benzene rings is 1. The zero-order valence-corrected chi connectivity index (χ0v) is 10.5. The Kier molecular flexibility index (Phi) is 3.50.